The van der Waals surface area contributed by atoms with Crippen molar-refractivity contribution in [1.29, 1.82) is 0 Å². The molecule has 6 rings (SSSR count). The molecule has 2 saturated carbocycles. The highest BCUT2D eigenvalue weighted by molar-refractivity contribution is 9.10. The molecular formula is C20H18BrClN2O3. The highest BCUT2D eigenvalue weighted by Crippen LogP contribution is 2.65. The van der Waals surface area contributed by atoms with Gasteiger partial charge in [-0.3, -0.25) is 19.3 Å². The second-order valence-corrected chi connectivity index (χ2v) is 9.17. The Morgan fingerprint density at radius 2 is 1.78 bits per heavy atom. The first-order chi connectivity index (χ1) is 13.0. The smallest absolute Gasteiger partial charge is 0.233 e. The lowest BCUT2D eigenvalue weighted by Crippen LogP contribution is -2.40. The van der Waals surface area contributed by atoms with Gasteiger partial charge in [-0.2, -0.15) is 0 Å². The predicted molar refractivity (Wildman–Crippen MR) is 104 cm³/mol. The van der Waals surface area contributed by atoms with Crippen LogP contribution in [-0.2, 0) is 14.4 Å². The Hall–Kier alpha value is -1.66. The molecule has 1 aromatic carbocycles. The summed E-state index contributed by atoms with van der Waals surface area (Å²) in [6.45, 7) is 0.134. The monoisotopic (exact) mass is 448 g/mol. The molecule has 5 aliphatic rings. The summed E-state index contributed by atoms with van der Waals surface area (Å²) >= 11 is 9.34. The van der Waals surface area contributed by atoms with Crippen molar-refractivity contribution >= 4 is 50.9 Å². The summed E-state index contributed by atoms with van der Waals surface area (Å²) in [7, 11) is 0. The van der Waals surface area contributed by atoms with Gasteiger partial charge in [0.05, 0.1) is 16.9 Å². The lowest BCUT2D eigenvalue weighted by Gasteiger charge is -2.37. The number of carbonyl (C=O) groups excluding carboxylic acids is 3. The molecule has 4 aliphatic carbocycles. The summed E-state index contributed by atoms with van der Waals surface area (Å²) in [4.78, 5) is 39.3. The zero-order valence-corrected chi connectivity index (χ0v) is 16.7. The number of likely N-dealkylation sites (tertiary alicyclic amines) is 1. The standard InChI is InChI=1S/C20H18BrClN2O3/c21-14-4-1-9(7-15(14)22)23-16(25)5-6-24-19(26)17-10-2-3-11(13-8-12(10)13)18(17)20(24)27/h1-4,7,10-13,17-18H,5-6,8H2,(H,23,25). The van der Waals surface area contributed by atoms with Crippen molar-refractivity contribution in [3.8, 4) is 0 Å². The van der Waals surface area contributed by atoms with E-state index in [0.717, 1.165) is 10.9 Å². The zero-order valence-electron chi connectivity index (χ0n) is 14.4. The van der Waals surface area contributed by atoms with E-state index in [1.165, 1.54) is 4.90 Å². The van der Waals surface area contributed by atoms with Crippen LogP contribution in [0.15, 0.2) is 34.8 Å². The van der Waals surface area contributed by atoms with Crippen LogP contribution in [0, 0.1) is 35.5 Å². The van der Waals surface area contributed by atoms with E-state index < -0.39 is 0 Å². The van der Waals surface area contributed by atoms with Crippen molar-refractivity contribution in [1.82, 2.24) is 4.90 Å². The number of carbonyl (C=O) groups is 3. The Labute approximate surface area is 170 Å². The van der Waals surface area contributed by atoms with Crippen LogP contribution in [0.1, 0.15) is 12.8 Å². The average Bonchev–Trinajstić information content (AvgIpc) is 3.42. The summed E-state index contributed by atoms with van der Waals surface area (Å²) < 4.78 is 0.749. The molecule has 140 valence electrons. The summed E-state index contributed by atoms with van der Waals surface area (Å²) in [6.07, 6.45) is 5.53. The molecule has 1 N–H and O–H groups in total. The first-order valence-electron chi connectivity index (χ1n) is 9.24. The van der Waals surface area contributed by atoms with E-state index in [2.05, 4.69) is 33.4 Å². The van der Waals surface area contributed by atoms with Gasteiger partial charge in [0.2, 0.25) is 17.7 Å². The largest absolute Gasteiger partial charge is 0.326 e. The van der Waals surface area contributed by atoms with Crippen molar-refractivity contribution < 1.29 is 14.4 Å². The first kappa shape index (κ1) is 17.4. The van der Waals surface area contributed by atoms with E-state index in [1.807, 2.05) is 0 Å². The van der Waals surface area contributed by atoms with E-state index in [9.17, 15) is 14.4 Å². The van der Waals surface area contributed by atoms with Gasteiger partial charge < -0.3 is 5.32 Å². The summed E-state index contributed by atoms with van der Waals surface area (Å²) in [5.41, 5.74) is 0.586. The maximum atomic E-state index is 12.9. The number of nitrogens with one attached hydrogen (secondary N) is 1. The van der Waals surface area contributed by atoms with E-state index in [1.54, 1.807) is 18.2 Å². The maximum absolute atomic E-state index is 12.9. The molecule has 6 unspecified atom stereocenters. The minimum atomic E-state index is -0.243. The third-order valence-corrected chi connectivity index (χ3v) is 7.75. The van der Waals surface area contributed by atoms with Crippen molar-refractivity contribution in [2.75, 3.05) is 11.9 Å². The summed E-state index contributed by atoms with van der Waals surface area (Å²) in [5, 5.41) is 3.27. The number of amides is 3. The molecule has 2 bridgehead atoms. The van der Waals surface area contributed by atoms with Crippen molar-refractivity contribution in [3.63, 3.8) is 0 Å². The lowest BCUT2D eigenvalue weighted by atomic mass is 9.63. The number of rotatable bonds is 4. The summed E-state index contributed by atoms with van der Waals surface area (Å²) in [5.74, 6) is 0.771. The molecule has 1 saturated heterocycles. The molecular weight excluding hydrogens is 432 g/mol. The first-order valence-corrected chi connectivity index (χ1v) is 10.4. The fraction of sp³-hybridized carbons (Fsp3) is 0.450. The van der Waals surface area contributed by atoms with Crippen LogP contribution in [0.4, 0.5) is 5.69 Å². The number of anilines is 1. The molecule has 0 aromatic heterocycles. The Balaban J connectivity index is 1.24. The molecule has 5 nitrogen and oxygen atoms in total. The van der Waals surface area contributed by atoms with Gasteiger partial charge in [-0.05, 0) is 64.2 Å². The molecule has 1 aromatic rings. The third kappa shape index (κ3) is 2.68. The van der Waals surface area contributed by atoms with E-state index in [4.69, 9.17) is 11.6 Å². The molecule has 0 spiro atoms. The SMILES string of the molecule is O=C(CCN1C(=O)C2C3C=CC(C4CC34)C2C1=O)Nc1ccc(Br)c(Cl)c1. The third-order valence-electron chi connectivity index (χ3n) is 6.52. The minimum Gasteiger partial charge on any atom is -0.326 e. The van der Waals surface area contributed by atoms with Gasteiger partial charge in [-0.25, -0.2) is 0 Å². The average molecular weight is 450 g/mol. The zero-order chi connectivity index (χ0) is 18.9. The molecule has 3 fully saturated rings. The van der Waals surface area contributed by atoms with Gasteiger partial charge in [-0.1, -0.05) is 23.8 Å². The molecule has 6 atom stereocenters. The van der Waals surface area contributed by atoms with Gasteiger partial charge in [-0.15, -0.1) is 0 Å². The van der Waals surface area contributed by atoms with E-state index >= 15 is 0 Å². The van der Waals surface area contributed by atoms with Crippen LogP contribution in [0.2, 0.25) is 5.02 Å². The van der Waals surface area contributed by atoms with Crippen LogP contribution < -0.4 is 5.32 Å². The lowest BCUT2D eigenvalue weighted by molar-refractivity contribution is -0.140. The Kier molecular flexibility index (Phi) is 3.99. The number of hydrogen-bond donors (Lipinski definition) is 1. The Morgan fingerprint density at radius 3 is 2.37 bits per heavy atom. The number of hydrogen-bond acceptors (Lipinski definition) is 3. The van der Waals surface area contributed by atoms with Crippen molar-refractivity contribution in [2.24, 2.45) is 35.5 Å². The molecule has 0 radical (unpaired) electrons. The van der Waals surface area contributed by atoms with E-state index in [0.29, 0.717) is 22.5 Å². The fourth-order valence-corrected chi connectivity index (χ4v) is 5.68. The predicted octanol–water partition coefficient (Wildman–Crippen LogP) is 3.48. The Bertz CT molecular complexity index is 865. The van der Waals surface area contributed by atoms with Gasteiger partial charge in [0.1, 0.15) is 0 Å². The van der Waals surface area contributed by atoms with Crippen LogP contribution in [-0.4, -0.2) is 29.2 Å². The molecule has 1 heterocycles. The van der Waals surface area contributed by atoms with Gasteiger partial charge in [0.25, 0.3) is 0 Å². The highest BCUT2D eigenvalue weighted by atomic mass is 79.9. The molecule has 7 heteroatoms. The molecule has 1 aliphatic heterocycles. The highest BCUT2D eigenvalue weighted by Gasteiger charge is 2.66. The maximum Gasteiger partial charge on any atom is 0.233 e. The quantitative estimate of drug-likeness (QED) is 0.565. The van der Waals surface area contributed by atoms with Crippen LogP contribution in [0.5, 0.6) is 0 Å². The van der Waals surface area contributed by atoms with Crippen LogP contribution in [0.3, 0.4) is 0 Å². The van der Waals surface area contributed by atoms with Gasteiger partial charge in [0, 0.05) is 23.1 Å². The second-order valence-electron chi connectivity index (χ2n) is 7.91. The van der Waals surface area contributed by atoms with Gasteiger partial charge in [0.15, 0.2) is 0 Å². The summed E-state index contributed by atoms with van der Waals surface area (Å²) in [6, 6.07) is 5.15. The Morgan fingerprint density at radius 1 is 1.15 bits per heavy atom. The fourth-order valence-electron chi connectivity index (χ4n) is 5.25. The van der Waals surface area contributed by atoms with Crippen molar-refractivity contribution in [3.05, 3.63) is 39.8 Å². The molecule has 27 heavy (non-hydrogen) atoms. The van der Waals surface area contributed by atoms with E-state index in [-0.39, 0.29) is 54.4 Å². The topological polar surface area (TPSA) is 66.5 Å². The van der Waals surface area contributed by atoms with Crippen LogP contribution >= 0.6 is 27.5 Å². The van der Waals surface area contributed by atoms with Crippen molar-refractivity contribution in [2.45, 2.75) is 12.8 Å². The normalized spacial score (nSPS) is 35.3. The number of allylic oxidation sites excluding steroid dienone is 2. The molecule has 3 amide bonds. The number of imide groups is 1. The number of nitrogens with zero attached hydrogens (tertiary/aromatic N) is 1. The number of benzene rings is 1. The van der Waals surface area contributed by atoms with Gasteiger partial charge >= 0.3 is 0 Å². The van der Waals surface area contributed by atoms with Crippen LogP contribution in [0.25, 0.3) is 0 Å². The minimum absolute atomic E-state index is 0.0836. The second kappa shape index (κ2) is 6.17. The number of halogens is 2.